The minimum Gasteiger partial charge on any atom is -0.410 e. The maximum absolute atomic E-state index is 12.0. The molecular weight excluding hydrogens is 306 g/mol. The van der Waals surface area contributed by atoms with Gasteiger partial charge in [-0.25, -0.2) is 9.78 Å². The summed E-state index contributed by atoms with van der Waals surface area (Å²) in [5, 5.41) is 10.7. The van der Waals surface area contributed by atoms with Gasteiger partial charge in [0.2, 0.25) is 0 Å². The molecule has 3 aromatic rings. The summed E-state index contributed by atoms with van der Waals surface area (Å²) in [6.07, 6.45) is 3.39. The third-order valence-corrected chi connectivity index (χ3v) is 3.68. The van der Waals surface area contributed by atoms with Crippen LogP contribution in [0.5, 0.6) is 5.75 Å². The molecule has 0 atom stereocenters. The smallest absolute Gasteiger partial charge is 0.410 e. The van der Waals surface area contributed by atoms with Crippen LogP contribution < -0.4 is 10.1 Å². The first kappa shape index (κ1) is 14.4. The molecule has 1 saturated carbocycles. The van der Waals surface area contributed by atoms with Gasteiger partial charge in [0.25, 0.3) is 0 Å². The third kappa shape index (κ3) is 3.10. The zero-order chi connectivity index (χ0) is 16.4. The van der Waals surface area contributed by atoms with Crippen LogP contribution in [0.2, 0.25) is 0 Å². The molecule has 120 valence electrons. The van der Waals surface area contributed by atoms with Gasteiger partial charge in [0.1, 0.15) is 23.6 Å². The Morgan fingerprint density at radius 2 is 1.96 bits per heavy atom. The van der Waals surface area contributed by atoms with Gasteiger partial charge in [0.15, 0.2) is 5.82 Å². The van der Waals surface area contributed by atoms with Crippen LogP contribution in [0.1, 0.15) is 18.9 Å². The lowest BCUT2D eigenvalue weighted by Crippen LogP contribution is -2.17. The average molecular weight is 321 g/mol. The second kappa shape index (κ2) is 6.11. The molecule has 4 rings (SSSR count). The monoisotopic (exact) mass is 321 g/mol. The Morgan fingerprint density at radius 3 is 2.75 bits per heavy atom. The maximum Gasteiger partial charge on any atom is 0.418 e. The van der Waals surface area contributed by atoms with E-state index in [2.05, 4.69) is 20.5 Å². The molecule has 1 aliphatic carbocycles. The van der Waals surface area contributed by atoms with E-state index in [9.17, 15) is 4.79 Å². The number of hydrogen-bond acceptors (Lipinski definition) is 5. The van der Waals surface area contributed by atoms with E-state index in [-0.39, 0.29) is 0 Å². The van der Waals surface area contributed by atoms with Gasteiger partial charge in [-0.05, 0) is 37.1 Å². The van der Waals surface area contributed by atoms with Crippen LogP contribution in [0.15, 0.2) is 54.9 Å². The predicted molar refractivity (Wildman–Crippen MR) is 87.6 cm³/mol. The summed E-state index contributed by atoms with van der Waals surface area (Å²) in [6, 6.07) is 14.7. The van der Waals surface area contributed by atoms with E-state index >= 15 is 0 Å². The minimum atomic E-state index is -0.588. The molecule has 24 heavy (non-hydrogen) atoms. The molecule has 1 N–H and O–H groups in total. The van der Waals surface area contributed by atoms with E-state index in [1.165, 1.54) is 0 Å². The molecule has 7 heteroatoms. The molecule has 1 aliphatic rings. The molecular formula is C17H15N5O2. The first-order valence-electron chi connectivity index (χ1n) is 7.70. The molecule has 2 aromatic heterocycles. The number of ether oxygens (including phenoxy) is 1. The van der Waals surface area contributed by atoms with Gasteiger partial charge >= 0.3 is 6.09 Å². The zero-order valence-electron chi connectivity index (χ0n) is 12.8. The summed E-state index contributed by atoms with van der Waals surface area (Å²) in [5.41, 5.74) is 0.664. The van der Waals surface area contributed by atoms with Gasteiger partial charge < -0.3 is 9.30 Å². The highest BCUT2D eigenvalue weighted by Crippen LogP contribution is 2.37. The Hall–Kier alpha value is -3.22. The number of pyridine rings is 1. The van der Waals surface area contributed by atoms with Crippen molar-refractivity contribution in [2.45, 2.75) is 18.9 Å². The fraction of sp³-hybridized carbons (Fsp3) is 0.176. The number of aromatic nitrogens is 4. The van der Waals surface area contributed by atoms with Crippen molar-refractivity contribution in [3.63, 3.8) is 0 Å². The lowest BCUT2D eigenvalue weighted by Gasteiger charge is -2.08. The Balaban J connectivity index is 1.50. The summed E-state index contributed by atoms with van der Waals surface area (Å²) in [5.74, 6) is 1.58. The summed E-state index contributed by atoms with van der Waals surface area (Å²) >= 11 is 0. The highest BCUT2D eigenvalue weighted by molar-refractivity contribution is 5.85. The van der Waals surface area contributed by atoms with Crippen molar-refractivity contribution < 1.29 is 9.53 Å². The normalized spacial score (nSPS) is 13.5. The number of para-hydroxylation sites is 1. The van der Waals surface area contributed by atoms with Crippen LogP contribution in [0.25, 0.3) is 11.5 Å². The first-order chi connectivity index (χ1) is 11.8. The van der Waals surface area contributed by atoms with Crippen molar-refractivity contribution in [3.05, 3.63) is 54.9 Å². The number of nitrogens with zero attached hydrogens (tertiary/aromatic N) is 4. The van der Waals surface area contributed by atoms with Crippen molar-refractivity contribution in [3.8, 4) is 17.3 Å². The van der Waals surface area contributed by atoms with Crippen LogP contribution in [-0.4, -0.2) is 25.8 Å². The molecule has 0 bridgehead atoms. The van der Waals surface area contributed by atoms with Crippen molar-refractivity contribution in [2.75, 3.05) is 5.32 Å². The molecule has 1 fully saturated rings. The quantitative estimate of drug-likeness (QED) is 0.797. The number of rotatable bonds is 4. The number of anilines is 1. The number of carbonyl (C=O) groups excluding carboxylic acids is 1. The summed E-state index contributed by atoms with van der Waals surface area (Å²) in [7, 11) is 0. The summed E-state index contributed by atoms with van der Waals surface area (Å²) in [4.78, 5) is 16.4. The van der Waals surface area contributed by atoms with Gasteiger partial charge in [0.05, 0.1) is 0 Å². The topological polar surface area (TPSA) is 81.9 Å². The SMILES string of the molecule is O=C(Nc1cccc(-c2nncn2C2CC2)n1)Oc1ccccc1. The van der Waals surface area contributed by atoms with Crippen LogP contribution in [0, 0.1) is 0 Å². The molecule has 2 heterocycles. The largest absolute Gasteiger partial charge is 0.418 e. The van der Waals surface area contributed by atoms with Gasteiger partial charge in [-0.3, -0.25) is 5.32 Å². The van der Waals surface area contributed by atoms with Crippen LogP contribution in [0.4, 0.5) is 10.6 Å². The van der Waals surface area contributed by atoms with Crippen LogP contribution >= 0.6 is 0 Å². The highest BCUT2D eigenvalue weighted by Gasteiger charge is 2.27. The Morgan fingerprint density at radius 1 is 1.12 bits per heavy atom. The molecule has 1 amide bonds. The summed E-state index contributed by atoms with van der Waals surface area (Å²) in [6.45, 7) is 0. The average Bonchev–Trinajstić information content (AvgIpc) is 3.32. The van der Waals surface area contributed by atoms with Crippen LogP contribution in [-0.2, 0) is 0 Å². The number of amides is 1. The molecule has 7 nitrogen and oxygen atoms in total. The lowest BCUT2D eigenvalue weighted by molar-refractivity contribution is 0.215. The number of nitrogens with one attached hydrogen (secondary N) is 1. The van der Waals surface area contributed by atoms with Crippen molar-refractivity contribution in [1.82, 2.24) is 19.7 Å². The minimum absolute atomic E-state index is 0.402. The molecule has 0 spiro atoms. The van der Waals surface area contributed by atoms with E-state index in [4.69, 9.17) is 4.74 Å². The van der Waals surface area contributed by atoms with Gasteiger partial charge in [-0.2, -0.15) is 0 Å². The van der Waals surface area contributed by atoms with Crippen molar-refractivity contribution in [1.29, 1.82) is 0 Å². The standard InChI is InChI=1S/C17H15N5O2/c23-17(24-13-5-2-1-3-6-13)20-15-8-4-7-14(19-15)16-21-18-11-22(16)12-9-10-12/h1-8,11-12H,9-10H2,(H,19,20,23). The molecule has 0 unspecified atom stereocenters. The van der Waals surface area contributed by atoms with E-state index < -0.39 is 6.09 Å². The van der Waals surface area contributed by atoms with Gasteiger partial charge in [-0.15, -0.1) is 10.2 Å². The Kier molecular flexibility index (Phi) is 3.66. The maximum atomic E-state index is 12.0. The molecule has 1 aromatic carbocycles. The van der Waals surface area contributed by atoms with E-state index in [0.29, 0.717) is 29.1 Å². The molecule has 0 saturated heterocycles. The summed E-state index contributed by atoms with van der Waals surface area (Å²) < 4.78 is 7.22. The predicted octanol–water partition coefficient (Wildman–Crippen LogP) is 3.29. The fourth-order valence-corrected chi connectivity index (χ4v) is 2.40. The van der Waals surface area contributed by atoms with E-state index in [0.717, 1.165) is 12.8 Å². The lowest BCUT2D eigenvalue weighted by atomic mass is 10.3. The second-order valence-corrected chi connectivity index (χ2v) is 5.53. The Labute approximate surface area is 138 Å². The van der Waals surface area contributed by atoms with Crippen LogP contribution in [0.3, 0.4) is 0 Å². The highest BCUT2D eigenvalue weighted by atomic mass is 16.6. The number of hydrogen-bond donors (Lipinski definition) is 1. The van der Waals surface area contributed by atoms with Gasteiger partial charge in [-0.1, -0.05) is 24.3 Å². The van der Waals surface area contributed by atoms with E-state index in [1.807, 2.05) is 22.8 Å². The Bertz CT molecular complexity index is 858. The number of carbonyl (C=O) groups is 1. The zero-order valence-corrected chi connectivity index (χ0v) is 12.8. The van der Waals surface area contributed by atoms with Crippen molar-refractivity contribution >= 4 is 11.9 Å². The first-order valence-corrected chi connectivity index (χ1v) is 7.70. The van der Waals surface area contributed by atoms with Crippen molar-refractivity contribution in [2.24, 2.45) is 0 Å². The third-order valence-electron chi connectivity index (χ3n) is 3.68. The molecule has 0 radical (unpaired) electrons. The molecule has 0 aliphatic heterocycles. The fourth-order valence-electron chi connectivity index (χ4n) is 2.40. The number of benzene rings is 1. The second-order valence-electron chi connectivity index (χ2n) is 5.53. The van der Waals surface area contributed by atoms with Gasteiger partial charge in [0, 0.05) is 6.04 Å². The van der Waals surface area contributed by atoms with E-state index in [1.54, 1.807) is 36.7 Å².